The average Bonchev–Trinajstić information content (AvgIpc) is 2.49. The zero-order valence-corrected chi connectivity index (χ0v) is 8.62. The van der Waals surface area contributed by atoms with Crippen LogP contribution in [0.25, 0.3) is 6.08 Å². The maximum Gasteiger partial charge on any atom is 0.311 e. The molecule has 15 heavy (non-hydrogen) atoms. The first-order chi connectivity index (χ1) is 7.15. The monoisotopic (exact) mass is 219 g/mol. The molecular formula is C10H9N3OS. The number of nitrogens with two attached hydrogens (primary N) is 2. The lowest BCUT2D eigenvalue weighted by atomic mass is 10.2. The molecular weight excluding hydrogens is 210 g/mol. The molecule has 0 saturated heterocycles. The van der Waals surface area contributed by atoms with Crippen molar-refractivity contribution in [3.63, 3.8) is 0 Å². The molecule has 1 aromatic rings. The molecule has 0 unspecified atom stereocenters. The van der Waals surface area contributed by atoms with E-state index in [1.165, 1.54) is 0 Å². The fourth-order valence-electron chi connectivity index (χ4n) is 1.17. The van der Waals surface area contributed by atoms with Gasteiger partial charge in [-0.25, -0.2) is 0 Å². The Balaban J connectivity index is 2.28. The summed E-state index contributed by atoms with van der Waals surface area (Å²) in [6, 6.07) is 7.31. The summed E-state index contributed by atoms with van der Waals surface area (Å²) in [5.41, 5.74) is 12.8. The van der Waals surface area contributed by atoms with Gasteiger partial charge in [0.15, 0.2) is 0 Å². The van der Waals surface area contributed by atoms with Crippen molar-refractivity contribution in [3.8, 4) is 0 Å². The summed E-state index contributed by atoms with van der Waals surface area (Å²) < 4.78 is 0. The summed E-state index contributed by atoms with van der Waals surface area (Å²) >= 11 is 1.03. The highest BCUT2D eigenvalue weighted by atomic mass is 32.2. The van der Waals surface area contributed by atoms with E-state index in [0.717, 1.165) is 17.3 Å². The number of nitrogens with zero attached hydrogens (tertiary/aromatic N) is 1. The SMILES string of the molecule is NC1=NC(=O)SC1=Cc1ccc(N)cc1. The summed E-state index contributed by atoms with van der Waals surface area (Å²) in [4.78, 5) is 15.2. The van der Waals surface area contributed by atoms with Gasteiger partial charge < -0.3 is 11.5 Å². The van der Waals surface area contributed by atoms with Gasteiger partial charge in [-0.3, -0.25) is 4.79 Å². The molecule has 1 aromatic carbocycles. The minimum Gasteiger partial charge on any atom is -0.399 e. The Bertz CT molecular complexity index is 462. The van der Waals surface area contributed by atoms with Gasteiger partial charge in [-0.1, -0.05) is 12.1 Å². The summed E-state index contributed by atoms with van der Waals surface area (Å²) in [6.07, 6.45) is 1.81. The minimum absolute atomic E-state index is 0.269. The number of amidine groups is 1. The number of benzene rings is 1. The van der Waals surface area contributed by atoms with Crippen LogP contribution in [0.1, 0.15) is 5.56 Å². The second-order valence-electron chi connectivity index (χ2n) is 3.04. The molecule has 4 nitrogen and oxygen atoms in total. The van der Waals surface area contributed by atoms with Crippen LogP contribution in [0.4, 0.5) is 10.5 Å². The Labute approximate surface area is 91.1 Å². The van der Waals surface area contributed by atoms with Gasteiger partial charge in [-0.2, -0.15) is 4.99 Å². The van der Waals surface area contributed by atoms with Crippen molar-refractivity contribution >= 4 is 34.6 Å². The Morgan fingerprint density at radius 1 is 1.20 bits per heavy atom. The van der Waals surface area contributed by atoms with Crippen molar-refractivity contribution in [3.05, 3.63) is 34.7 Å². The van der Waals surface area contributed by atoms with Crippen LogP contribution in [-0.2, 0) is 0 Å². The van der Waals surface area contributed by atoms with Crippen LogP contribution in [-0.4, -0.2) is 11.1 Å². The lowest BCUT2D eigenvalue weighted by Crippen LogP contribution is -2.08. The molecule has 5 heteroatoms. The van der Waals surface area contributed by atoms with Gasteiger partial charge in [0.2, 0.25) is 0 Å². The van der Waals surface area contributed by atoms with Crippen LogP contribution in [0.5, 0.6) is 0 Å². The van der Waals surface area contributed by atoms with Crippen molar-refractivity contribution in [1.29, 1.82) is 0 Å². The molecule has 1 amide bonds. The van der Waals surface area contributed by atoms with Crippen molar-refractivity contribution < 1.29 is 4.79 Å². The summed E-state index contributed by atoms with van der Waals surface area (Å²) in [5.74, 6) is 0.279. The van der Waals surface area contributed by atoms with E-state index in [2.05, 4.69) is 4.99 Å². The third-order valence-corrected chi connectivity index (χ3v) is 2.71. The molecule has 4 N–H and O–H groups in total. The predicted octanol–water partition coefficient (Wildman–Crippen LogP) is 1.83. The highest BCUT2D eigenvalue weighted by Gasteiger charge is 2.18. The third-order valence-electron chi connectivity index (χ3n) is 1.90. The van der Waals surface area contributed by atoms with Gasteiger partial charge in [0.05, 0.1) is 4.91 Å². The Kier molecular flexibility index (Phi) is 2.47. The molecule has 2 rings (SSSR count). The molecule has 1 heterocycles. The van der Waals surface area contributed by atoms with Gasteiger partial charge in [0.25, 0.3) is 0 Å². The number of carbonyl (C=O) groups excluding carboxylic acids is 1. The fraction of sp³-hybridized carbons (Fsp3) is 0. The third kappa shape index (κ3) is 2.19. The summed E-state index contributed by atoms with van der Waals surface area (Å²) in [5, 5.41) is -0.269. The first-order valence-corrected chi connectivity index (χ1v) is 5.10. The van der Waals surface area contributed by atoms with Crippen molar-refractivity contribution in [1.82, 2.24) is 0 Å². The summed E-state index contributed by atoms with van der Waals surface area (Å²) in [6.45, 7) is 0. The van der Waals surface area contributed by atoms with Crippen LogP contribution in [0.2, 0.25) is 0 Å². The number of anilines is 1. The Morgan fingerprint density at radius 3 is 2.40 bits per heavy atom. The van der Waals surface area contributed by atoms with Gasteiger partial charge in [0, 0.05) is 5.69 Å². The lowest BCUT2D eigenvalue weighted by molar-refractivity contribution is 0.268. The van der Waals surface area contributed by atoms with E-state index < -0.39 is 0 Å². The van der Waals surface area contributed by atoms with Gasteiger partial charge in [-0.05, 0) is 35.5 Å². The highest BCUT2D eigenvalue weighted by molar-refractivity contribution is 8.18. The van der Waals surface area contributed by atoms with Gasteiger partial charge in [0.1, 0.15) is 5.84 Å². The standard InChI is InChI=1S/C10H9N3OS/c11-7-3-1-6(2-4-7)5-8-9(12)13-10(14)15-8/h1-5H,11H2,(H2,12,13,14). The smallest absolute Gasteiger partial charge is 0.311 e. The molecule has 0 spiro atoms. The number of nitrogen functional groups attached to an aromatic ring is 1. The number of amides is 1. The highest BCUT2D eigenvalue weighted by Crippen LogP contribution is 2.27. The zero-order valence-electron chi connectivity index (χ0n) is 7.81. The second kappa shape index (κ2) is 3.78. The number of thioether (sulfide) groups is 1. The average molecular weight is 219 g/mol. The number of aliphatic imine (C=N–C) groups is 1. The van der Waals surface area contributed by atoms with E-state index in [9.17, 15) is 4.79 Å². The molecule has 0 fully saturated rings. The first-order valence-electron chi connectivity index (χ1n) is 4.29. The van der Waals surface area contributed by atoms with Crippen LogP contribution in [0.3, 0.4) is 0 Å². The Morgan fingerprint density at radius 2 is 1.87 bits per heavy atom. The van der Waals surface area contributed by atoms with E-state index in [1.807, 2.05) is 18.2 Å². The van der Waals surface area contributed by atoms with Gasteiger partial charge in [-0.15, -0.1) is 0 Å². The molecule has 0 bridgehead atoms. The topological polar surface area (TPSA) is 81.5 Å². The summed E-state index contributed by atoms with van der Waals surface area (Å²) in [7, 11) is 0. The molecule has 0 aromatic heterocycles. The molecule has 1 aliphatic rings. The van der Waals surface area contributed by atoms with Gasteiger partial charge >= 0.3 is 5.24 Å². The van der Waals surface area contributed by atoms with Crippen LogP contribution in [0, 0.1) is 0 Å². The number of hydrogen-bond acceptors (Lipinski definition) is 4. The Hall–Kier alpha value is -1.75. The maximum absolute atomic E-state index is 10.9. The molecule has 0 radical (unpaired) electrons. The fourth-order valence-corrected chi connectivity index (χ4v) is 1.85. The van der Waals surface area contributed by atoms with E-state index in [1.54, 1.807) is 12.1 Å². The van der Waals surface area contributed by atoms with E-state index in [4.69, 9.17) is 11.5 Å². The largest absolute Gasteiger partial charge is 0.399 e. The van der Waals surface area contributed by atoms with E-state index in [0.29, 0.717) is 10.6 Å². The quantitative estimate of drug-likeness (QED) is 0.706. The zero-order chi connectivity index (χ0) is 10.8. The molecule has 1 aliphatic heterocycles. The maximum atomic E-state index is 10.9. The number of rotatable bonds is 1. The van der Waals surface area contributed by atoms with E-state index in [-0.39, 0.29) is 11.1 Å². The normalized spacial score (nSPS) is 18.3. The van der Waals surface area contributed by atoms with Crippen LogP contribution >= 0.6 is 11.8 Å². The molecule has 0 atom stereocenters. The first kappa shape index (κ1) is 9.79. The molecule has 76 valence electrons. The molecule has 0 saturated carbocycles. The molecule has 0 aliphatic carbocycles. The van der Waals surface area contributed by atoms with Crippen LogP contribution in [0.15, 0.2) is 34.2 Å². The number of carbonyl (C=O) groups is 1. The van der Waals surface area contributed by atoms with Crippen molar-refractivity contribution in [2.24, 2.45) is 10.7 Å². The predicted molar refractivity (Wildman–Crippen MR) is 63.4 cm³/mol. The second-order valence-corrected chi connectivity index (χ2v) is 4.03. The lowest BCUT2D eigenvalue weighted by Gasteiger charge is -1.97. The number of hydrogen-bond donors (Lipinski definition) is 2. The van der Waals surface area contributed by atoms with Crippen LogP contribution < -0.4 is 11.5 Å². The van der Waals surface area contributed by atoms with Crippen molar-refractivity contribution in [2.75, 3.05) is 5.73 Å². The minimum atomic E-state index is -0.269. The van der Waals surface area contributed by atoms with E-state index >= 15 is 0 Å². The van der Waals surface area contributed by atoms with Crippen molar-refractivity contribution in [2.45, 2.75) is 0 Å².